The number of hydrogen-bond acceptors (Lipinski definition) is 1. The smallest absolute Gasteiger partial charge is 0.193 e. The second-order valence-corrected chi connectivity index (χ2v) is 4.15. The Kier molecular flexibility index (Phi) is 4.94. The van der Waals surface area contributed by atoms with E-state index in [0.29, 0.717) is 12.1 Å². The minimum Gasteiger partial charge on any atom is -0.357 e. The Bertz CT molecular complexity index is 400. The zero-order valence-electron chi connectivity index (χ0n) is 10.9. The standard InChI is InChI=1S/C13H20FN3/c1-5-15-13(17(3)4)16-9-11-6-7-12(14)10(2)8-11/h6-8H,5,9H2,1-4H3,(H,15,16). The first-order valence-corrected chi connectivity index (χ1v) is 5.75. The minimum absolute atomic E-state index is 0.169. The van der Waals surface area contributed by atoms with Crippen LogP contribution >= 0.6 is 0 Å². The van der Waals surface area contributed by atoms with Gasteiger partial charge in [0.1, 0.15) is 5.82 Å². The zero-order valence-corrected chi connectivity index (χ0v) is 10.9. The number of aliphatic imine (C=N–C) groups is 1. The summed E-state index contributed by atoms with van der Waals surface area (Å²) in [5.74, 6) is 0.673. The highest BCUT2D eigenvalue weighted by atomic mass is 19.1. The Hall–Kier alpha value is -1.58. The van der Waals surface area contributed by atoms with Crippen molar-refractivity contribution in [2.75, 3.05) is 20.6 Å². The Balaban J connectivity index is 2.76. The SMILES string of the molecule is CCNC(=NCc1ccc(F)c(C)c1)N(C)C. The molecule has 0 radical (unpaired) electrons. The molecule has 1 rings (SSSR count). The van der Waals surface area contributed by atoms with Crippen LogP contribution in [-0.4, -0.2) is 31.5 Å². The van der Waals surface area contributed by atoms with Crippen LogP contribution in [0.3, 0.4) is 0 Å². The molecule has 4 heteroatoms. The van der Waals surface area contributed by atoms with Crippen molar-refractivity contribution in [1.82, 2.24) is 10.2 Å². The first-order chi connectivity index (χ1) is 8.04. The van der Waals surface area contributed by atoms with E-state index in [-0.39, 0.29) is 5.82 Å². The normalized spacial score (nSPS) is 11.5. The van der Waals surface area contributed by atoms with Gasteiger partial charge in [-0.3, -0.25) is 0 Å². The third-order valence-corrected chi connectivity index (χ3v) is 2.39. The molecule has 0 aliphatic heterocycles. The summed E-state index contributed by atoms with van der Waals surface area (Å²) in [7, 11) is 3.88. The van der Waals surface area contributed by atoms with Gasteiger partial charge in [-0.05, 0) is 31.0 Å². The van der Waals surface area contributed by atoms with Crippen LogP contribution in [0.5, 0.6) is 0 Å². The fourth-order valence-corrected chi connectivity index (χ4v) is 1.48. The molecule has 0 aromatic heterocycles. The van der Waals surface area contributed by atoms with Crippen LogP contribution in [0.2, 0.25) is 0 Å². The average Bonchev–Trinajstić information content (AvgIpc) is 2.28. The molecule has 1 aromatic rings. The summed E-state index contributed by atoms with van der Waals surface area (Å²) in [5.41, 5.74) is 1.67. The Labute approximate surface area is 102 Å². The summed E-state index contributed by atoms with van der Waals surface area (Å²) >= 11 is 0. The largest absolute Gasteiger partial charge is 0.357 e. The predicted molar refractivity (Wildman–Crippen MR) is 69.6 cm³/mol. The lowest BCUT2D eigenvalue weighted by Crippen LogP contribution is -2.36. The molecule has 0 unspecified atom stereocenters. The van der Waals surface area contributed by atoms with Gasteiger partial charge in [-0.15, -0.1) is 0 Å². The molecule has 0 amide bonds. The van der Waals surface area contributed by atoms with Crippen molar-refractivity contribution >= 4 is 5.96 Å². The molecule has 0 spiro atoms. The highest BCUT2D eigenvalue weighted by Gasteiger charge is 2.01. The predicted octanol–water partition coefficient (Wildman–Crippen LogP) is 2.16. The minimum atomic E-state index is -0.169. The molecule has 0 aliphatic carbocycles. The maximum absolute atomic E-state index is 13.1. The fourth-order valence-electron chi connectivity index (χ4n) is 1.48. The van der Waals surface area contributed by atoms with Crippen LogP contribution in [0, 0.1) is 12.7 Å². The molecule has 0 saturated heterocycles. The number of guanidine groups is 1. The molecule has 0 aliphatic rings. The number of aryl methyl sites for hydroxylation is 1. The van der Waals surface area contributed by atoms with E-state index in [1.54, 1.807) is 13.0 Å². The topological polar surface area (TPSA) is 27.6 Å². The van der Waals surface area contributed by atoms with E-state index in [4.69, 9.17) is 0 Å². The monoisotopic (exact) mass is 237 g/mol. The Morgan fingerprint density at radius 1 is 1.41 bits per heavy atom. The lowest BCUT2D eigenvalue weighted by Gasteiger charge is -2.16. The van der Waals surface area contributed by atoms with E-state index < -0.39 is 0 Å². The van der Waals surface area contributed by atoms with Gasteiger partial charge in [0.2, 0.25) is 0 Å². The van der Waals surface area contributed by atoms with Gasteiger partial charge in [0, 0.05) is 20.6 Å². The van der Waals surface area contributed by atoms with Crippen molar-refractivity contribution < 1.29 is 4.39 Å². The van der Waals surface area contributed by atoms with Crippen LogP contribution < -0.4 is 5.32 Å². The third-order valence-electron chi connectivity index (χ3n) is 2.39. The van der Waals surface area contributed by atoms with Crippen LogP contribution in [0.15, 0.2) is 23.2 Å². The highest BCUT2D eigenvalue weighted by Crippen LogP contribution is 2.10. The molecule has 0 saturated carbocycles. The zero-order chi connectivity index (χ0) is 12.8. The third kappa shape index (κ3) is 4.06. The summed E-state index contributed by atoms with van der Waals surface area (Å²) < 4.78 is 13.1. The van der Waals surface area contributed by atoms with Crippen molar-refractivity contribution in [3.63, 3.8) is 0 Å². The highest BCUT2D eigenvalue weighted by molar-refractivity contribution is 5.79. The molecule has 3 nitrogen and oxygen atoms in total. The van der Waals surface area contributed by atoms with Crippen molar-refractivity contribution in [1.29, 1.82) is 0 Å². The molecule has 1 aromatic carbocycles. The lowest BCUT2D eigenvalue weighted by molar-refractivity contribution is 0.583. The second-order valence-electron chi connectivity index (χ2n) is 4.15. The van der Waals surface area contributed by atoms with E-state index in [2.05, 4.69) is 10.3 Å². The van der Waals surface area contributed by atoms with Gasteiger partial charge in [0.25, 0.3) is 0 Å². The summed E-state index contributed by atoms with van der Waals surface area (Å²) in [6.07, 6.45) is 0. The maximum atomic E-state index is 13.1. The quantitative estimate of drug-likeness (QED) is 0.644. The lowest BCUT2D eigenvalue weighted by atomic mass is 10.1. The van der Waals surface area contributed by atoms with Gasteiger partial charge in [-0.25, -0.2) is 9.38 Å². The summed E-state index contributed by atoms with van der Waals surface area (Å²) in [6.45, 7) is 5.18. The molecule has 1 N–H and O–H groups in total. The number of nitrogens with zero attached hydrogens (tertiary/aromatic N) is 2. The van der Waals surface area contributed by atoms with E-state index in [9.17, 15) is 4.39 Å². The number of halogens is 1. The van der Waals surface area contributed by atoms with E-state index in [1.165, 1.54) is 6.07 Å². The molecule has 0 atom stereocenters. The molecule has 94 valence electrons. The van der Waals surface area contributed by atoms with Crippen molar-refractivity contribution in [2.24, 2.45) is 4.99 Å². The number of nitrogens with one attached hydrogen (secondary N) is 1. The summed E-state index contributed by atoms with van der Waals surface area (Å²) in [6, 6.07) is 5.09. The maximum Gasteiger partial charge on any atom is 0.193 e. The number of rotatable bonds is 3. The van der Waals surface area contributed by atoms with E-state index in [0.717, 1.165) is 18.1 Å². The summed E-state index contributed by atoms with van der Waals surface area (Å²) in [4.78, 5) is 6.39. The van der Waals surface area contributed by atoms with Crippen LogP contribution in [0.25, 0.3) is 0 Å². The van der Waals surface area contributed by atoms with E-state index in [1.807, 2.05) is 32.0 Å². The molecule has 0 bridgehead atoms. The first kappa shape index (κ1) is 13.5. The molecular formula is C13H20FN3. The Morgan fingerprint density at radius 2 is 2.12 bits per heavy atom. The van der Waals surface area contributed by atoms with Gasteiger partial charge in [0.05, 0.1) is 6.54 Å². The van der Waals surface area contributed by atoms with Gasteiger partial charge >= 0.3 is 0 Å². The summed E-state index contributed by atoms with van der Waals surface area (Å²) in [5, 5.41) is 3.18. The van der Waals surface area contributed by atoms with Gasteiger partial charge in [0.15, 0.2) is 5.96 Å². The van der Waals surface area contributed by atoms with Crippen molar-refractivity contribution in [3.05, 3.63) is 35.1 Å². The van der Waals surface area contributed by atoms with Gasteiger partial charge in [-0.2, -0.15) is 0 Å². The molecule has 17 heavy (non-hydrogen) atoms. The second kappa shape index (κ2) is 6.23. The van der Waals surface area contributed by atoms with Crippen molar-refractivity contribution in [2.45, 2.75) is 20.4 Å². The Morgan fingerprint density at radius 3 is 2.65 bits per heavy atom. The van der Waals surface area contributed by atoms with E-state index >= 15 is 0 Å². The number of hydrogen-bond donors (Lipinski definition) is 1. The molecular weight excluding hydrogens is 217 g/mol. The van der Waals surface area contributed by atoms with Crippen LogP contribution in [-0.2, 0) is 6.54 Å². The van der Waals surface area contributed by atoms with Gasteiger partial charge in [-0.1, -0.05) is 12.1 Å². The average molecular weight is 237 g/mol. The van der Waals surface area contributed by atoms with Crippen molar-refractivity contribution in [3.8, 4) is 0 Å². The van der Waals surface area contributed by atoms with Gasteiger partial charge < -0.3 is 10.2 Å². The first-order valence-electron chi connectivity index (χ1n) is 5.75. The number of benzene rings is 1. The van der Waals surface area contributed by atoms with Crippen LogP contribution in [0.1, 0.15) is 18.1 Å². The molecule has 0 heterocycles. The fraction of sp³-hybridized carbons (Fsp3) is 0.462. The van der Waals surface area contributed by atoms with Crippen LogP contribution in [0.4, 0.5) is 4.39 Å². The molecule has 0 fully saturated rings.